The minimum absolute atomic E-state index is 0.0884. The van der Waals surface area contributed by atoms with Gasteiger partial charge >= 0.3 is 0 Å². The van der Waals surface area contributed by atoms with Crippen molar-refractivity contribution in [3.63, 3.8) is 0 Å². The molecule has 0 N–H and O–H groups in total. The average molecular weight is 293 g/mol. The Kier molecular flexibility index (Phi) is 4.66. The van der Waals surface area contributed by atoms with Crippen LogP contribution in [-0.4, -0.2) is 0 Å². The predicted octanol–water partition coefficient (Wildman–Crippen LogP) is 5.79. The molecule has 1 nitrogen and oxygen atoms in total. The quantitative estimate of drug-likeness (QED) is 0.648. The van der Waals surface area contributed by atoms with E-state index in [0.29, 0.717) is 23.0 Å². The Labute approximate surface area is 124 Å². The van der Waals surface area contributed by atoms with E-state index in [0.717, 1.165) is 0 Å². The zero-order valence-electron chi connectivity index (χ0n) is 11.9. The maximum absolute atomic E-state index is 13.6. The molecule has 0 fully saturated rings. The Morgan fingerprint density at radius 3 is 2.55 bits per heavy atom. The molecule has 2 aromatic rings. The summed E-state index contributed by atoms with van der Waals surface area (Å²) < 4.78 is 19.4. The fraction of sp³-hybridized carbons (Fsp3) is 0.294. The number of benzene rings is 2. The molecule has 0 aliphatic carbocycles. The van der Waals surface area contributed by atoms with Gasteiger partial charge in [-0.15, -0.1) is 11.6 Å². The van der Waals surface area contributed by atoms with Crippen LogP contribution in [0.25, 0.3) is 0 Å². The van der Waals surface area contributed by atoms with E-state index in [9.17, 15) is 4.39 Å². The number of aryl methyl sites for hydroxylation is 1. The minimum atomic E-state index is -0.340. The van der Waals surface area contributed by atoms with Gasteiger partial charge in [0, 0.05) is 5.56 Å². The number of ether oxygens (including phenoxy) is 1. The van der Waals surface area contributed by atoms with Gasteiger partial charge in [-0.1, -0.05) is 26.0 Å². The highest BCUT2D eigenvalue weighted by molar-refractivity contribution is 6.17. The van der Waals surface area contributed by atoms with E-state index < -0.39 is 0 Å². The van der Waals surface area contributed by atoms with Crippen molar-refractivity contribution in [3.05, 3.63) is 58.9 Å². The monoisotopic (exact) mass is 292 g/mol. The molecule has 0 radical (unpaired) electrons. The minimum Gasteiger partial charge on any atom is -0.457 e. The summed E-state index contributed by atoms with van der Waals surface area (Å²) in [4.78, 5) is 0. The molecule has 0 aliphatic heterocycles. The number of rotatable bonds is 4. The van der Waals surface area contributed by atoms with Crippen molar-refractivity contribution in [3.8, 4) is 11.5 Å². The van der Waals surface area contributed by atoms with Gasteiger partial charge in [0.25, 0.3) is 0 Å². The highest BCUT2D eigenvalue weighted by Crippen LogP contribution is 2.30. The predicted molar refractivity (Wildman–Crippen MR) is 81.3 cm³/mol. The van der Waals surface area contributed by atoms with Crippen molar-refractivity contribution < 1.29 is 9.13 Å². The molecule has 0 unspecified atom stereocenters. The van der Waals surface area contributed by atoms with Crippen LogP contribution in [0.4, 0.5) is 4.39 Å². The Balaban J connectivity index is 2.31. The maximum Gasteiger partial charge on any atom is 0.134 e. The second kappa shape index (κ2) is 6.27. The number of hydrogen-bond acceptors (Lipinski definition) is 1. The van der Waals surface area contributed by atoms with E-state index in [1.54, 1.807) is 12.1 Å². The molecule has 0 spiro atoms. The molecule has 0 amide bonds. The summed E-state index contributed by atoms with van der Waals surface area (Å²) in [6, 6.07) is 10.7. The summed E-state index contributed by atoms with van der Waals surface area (Å²) in [5, 5.41) is 0. The number of hydrogen-bond donors (Lipinski definition) is 0. The zero-order valence-corrected chi connectivity index (χ0v) is 12.7. The Morgan fingerprint density at radius 1 is 1.20 bits per heavy atom. The third-order valence-electron chi connectivity index (χ3n) is 3.30. The molecule has 3 heteroatoms. The van der Waals surface area contributed by atoms with Crippen LogP contribution < -0.4 is 4.74 Å². The first-order valence-electron chi connectivity index (χ1n) is 6.64. The lowest BCUT2D eigenvalue weighted by atomic mass is 9.98. The summed E-state index contributed by atoms with van der Waals surface area (Å²) in [5.74, 6) is 1.38. The summed E-state index contributed by atoms with van der Waals surface area (Å²) in [6.07, 6.45) is 0. The first-order chi connectivity index (χ1) is 9.52. The maximum atomic E-state index is 13.6. The molecule has 0 heterocycles. The van der Waals surface area contributed by atoms with E-state index in [1.165, 1.54) is 17.2 Å². The van der Waals surface area contributed by atoms with Gasteiger partial charge in [0.2, 0.25) is 0 Å². The highest BCUT2D eigenvalue weighted by Gasteiger charge is 2.10. The lowest BCUT2D eigenvalue weighted by Gasteiger charge is -2.14. The molecule has 0 saturated heterocycles. The van der Waals surface area contributed by atoms with E-state index >= 15 is 0 Å². The molecule has 20 heavy (non-hydrogen) atoms. The molecule has 2 aromatic carbocycles. The Morgan fingerprint density at radius 2 is 1.95 bits per heavy atom. The van der Waals surface area contributed by atoms with Gasteiger partial charge < -0.3 is 4.74 Å². The summed E-state index contributed by atoms with van der Waals surface area (Å²) >= 11 is 5.78. The fourth-order valence-corrected chi connectivity index (χ4v) is 2.51. The number of halogens is 2. The lowest BCUT2D eigenvalue weighted by Crippen LogP contribution is -1.95. The summed E-state index contributed by atoms with van der Waals surface area (Å²) in [5.41, 5.74) is 2.84. The van der Waals surface area contributed by atoms with Crippen LogP contribution in [0, 0.1) is 12.7 Å². The standard InChI is InChI=1S/C17H18ClFO/c1-11(2)14-8-7-13(9-12(14)3)20-17-6-4-5-16(19)15(17)10-18/h4-9,11H,10H2,1-3H3. The Bertz CT molecular complexity index is 608. The van der Waals surface area contributed by atoms with Gasteiger partial charge in [-0.25, -0.2) is 4.39 Å². The van der Waals surface area contributed by atoms with Gasteiger partial charge in [0.05, 0.1) is 5.88 Å². The second-order valence-corrected chi connectivity index (χ2v) is 5.39. The van der Waals surface area contributed by atoms with Crippen molar-refractivity contribution in [1.29, 1.82) is 0 Å². The molecule has 0 aromatic heterocycles. The molecule has 0 aliphatic rings. The molecular formula is C17H18ClFO. The van der Waals surface area contributed by atoms with Crippen LogP contribution in [0.1, 0.15) is 36.5 Å². The third kappa shape index (κ3) is 3.13. The van der Waals surface area contributed by atoms with Gasteiger partial charge in [0.1, 0.15) is 17.3 Å². The molecular weight excluding hydrogens is 275 g/mol. The van der Waals surface area contributed by atoms with Crippen molar-refractivity contribution in [1.82, 2.24) is 0 Å². The van der Waals surface area contributed by atoms with Gasteiger partial charge in [-0.05, 0) is 48.2 Å². The average Bonchev–Trinajstić information content (AvgIpc) is 2.38. The topological polar surface area (TPSA) is 9.23 Å². The SMILES string of the molecule is Cc1cc(Oc2cccc(F)c2CCl)ccc1C(C)C. The van der Waals surface area contributed by atoms with Crippen LogP contribution in [-0.2, 0) is 5.88 Å². The van der Waals surface area contributed by atoms with Gasteiger partial charge in [-0.3, -0.25) is 0 Å². The van der Waals surface area contributed by atoms with Crippen molar-refractivity contribution in [2.45, 2.75) is 32.6 Å². The largest absolute Gasteiger partial charge is 0.457 e. The lowest BCUT2D eigenvalue weighted by molar-refractivity contribution is 0.469. The normalized spacial score (nSPS) is 10.9. The molecule has 106 valence electrons. The molecule has 0 saturated carbocycles. The smallest absolute Gasteiger partial charge is 0.134 e. The first-order valence-corrected chi connectivity index (χ1v) is 7.18. The van der Waals surface area contributed by atoms with Crippen molar-refractivity contribution >= 4 is 11.6 Å². The van der Waals surface area contributed by atoms with E-state index in [1.807, 2.05) is 12.1 Å². The zero-order chi connectivity index (χ0) is 14.7. The highest BCUT2D eigenvalue weighted by atomic mass is 35.5. The second-order valence-electron chi connectivity index (χ2n) is 5.13. The van der Waals surface area contributed by atoms with E-state index in [4.69, 9.17) is 16.3 Å². The molecule has 0 atom stereocenters. The van der Waals surface area contributed by atoms with Crippen LogP contribution in [0.15, 0.2) is 36.4 Å². The van der Waals surface area contributed by atoms with Crippen LogP contribution in [0.2, 0.25) is 0 Å². The van der Waals surface area contributed by atoms with Crippen LogP contribution >= 0.6 is 11.6 Å². The van der Waals surface area contributed by atoms with Crippen LogP contribution in [0.5, 0.6) is 11.5 Å². The van der Waals surface area contributed by atoms with E-state index in [-0.39, 0.29) is 11.7 Å². The third-order valence-corrected chi connectivity index (χ3v) is 3.57. The Hall–Kier alpha value is -1.54. The summed E-state index contributed by atoms with van der Waals surface area (Å²) in [6.45, 7) is 6.36. The van der Waals surface area contributed by atoms with Crippen LogP contribution in [0.3, 0.4) is 0 Å². The van der Waals surface area contributed by atoms with Crippen molar-refractivity contribution in [2.75, 3.05) is 0 Å². The number of alkyl halides is 1. The van der Waals surface area contributed by atoms with E-state index in [2.05, 4.69) is 26.8 Å². The van der Waals surface area contributed by atoms with Crippen molar-refractivity contribution in [2.24, 2.45) is 0 Å². The first kappa shape index (κ1) is 14.9. The fourth-order valence-electron chi connectivity index (χ4n) is 2.25. The molecule has 2 rings (SSSR count). The summed E-state index contributed by atoms with van der Waals surface area (Å²) in [7, 11) is 0. The van der Waals surface area contributed by atoms with Gasteiger partial charge in [0.15, 0.2) is 0 Å². The van der Waals surface area contributed by atoms with Gasteiger partial charge in [-0.2, -0.15) is 0 Å². The molecule has 0 bridgehead atoms.